The molecule has 0 unspecified atom stereocenters. The van der Waals surface area contributed by atoms with E-state index in [9.17, 15) is 4.79 Å². The summed E-state index contributed by atoms with van der Waals surface area (Å²) < 4.78 is 1.54. The van der Waals surface area contributed by atoms with Gasteiger partial charge in [-0.1, -0.05) is 13.8 Å². The Morgan fingerprint density at radius 2 is 2.28 bits per heavy atom. The van der Waals surface area contributed by atoms with Gasteiger partial charge in [-0.25, -0.2) is 0 Å². The van der Waals surface area contributed by atoms with Crippen molar-refractivity contribution in [1.82, 2.24) is 14.7 Å². The zero-order valence-electron chi connectivity index (χ0n) is 11.4. The van der Waals surface area contributed by atoms with E-state index in [0.717, 1.165) is 25.8 Å². The van der Waals surface area contributed by atoms with E-state index in [1.54, 1.807) is 17.9 Å². The van der Waals surface area contributed by atoms with Gasteiger partial charge in [0.25, 0.3) is 5.91 Å². The normalized spacial score (nSPS) is 15.1. The summed E-state index contributed by atoms with van der Waals surface area (Å²) >= 11 is 0. The molecular formula is C13H22N4O. The predicted molar refractivity (Wildman–Crippen MR) is 71.1 cm³/mol. The summed E-state index contributed by atoms with van der Waals surface area (Å²) in [5.41, 5.74) is 6.41. The van der Waals surface area contributed by atoms with Crippen molar-refractivity contribution in [2.24, 2.45) is 13.0 Å². The fourth-order valence-electron chi connectivity index (χ4n) is 2.00. The summed E-state index contributed by atoms with van der Waals surface area (Å²) in [5.74, 6) is 1.09. The first kappa shape index (κ1) is 12.9. The molecule has 1 fully saturated rings. The van der Waals surface area contributed by atoms with Gasteiger partial charge >= 0.3 is 0 Å². The van der Waals surface area contributed by atoms with Crippen molar-refractivity contribution < 1.29 is 4.79 Å². The summed E-state index contributed by atoms with van der Waals surface area (Å²) in [4.78, 5) is 14.4. The third-order valence-corrected chi connectivity index (χ3v) is 3.41. The van der Waals surface area contributed by atoms with Crippen LogP contribution in [0.1, 0.15) is 43.5 Å². The Hall–Kier alpha value is -1.52. The van der Waals surface area contributed by atoms with E-state index in [1.807, 2.05) is 4.90 Å². The zero-order valence-corrected chi connectivity index (χ0v) is 11.4. The number of aryl methyl sites for hydroxylation is 1. The molecule has 0 aliphatic heterocycles. The van der Waals surface area contributed by atoms with Crippen LogP contribution in [-0.2, 0) is 7.05 Å². The van der Waals surface area contributed by atoms with E-state index in [1.165, 1.54) is 0 Å². The number of aromatic nitrogens is 2. The summed E-state index contributed by atoms with van der Waals surface area (Å²) in [6, 6.07) is 0.413. The maximum absolute atomic E-state index is 12.5. The number of amides is 1. The average Bonchev–Trinajstić information content (AvgIpc) is 3.08. The van der Waals surface area contributed by atoms with Crippen molar-refractivity contribution in [3.63, 3.8) is 0 Å². The predicted octanol–water partition coefficient (Wildman–Crippen LogP) is 1.65. The topological polar surface area (TPSA) is 64.2 Å². The van der Waals surface area contributed by atoms with E-state index >= 15 is 0 Å². The first-order valence-electron chi connectivity index (χ1n) is 6.59. The molecule has 1 saturated carbocycles. The second-order valence-corrected chi connectivity index (χ2v) is 5.48. The number of nitrogens with zero attached hydrogens (tertiary/aromatic N) is 3. The van der Waals surface area contributed by atoms with Gasteiger partial charge in [-0.15, -0.1) is 0 Å². The molecule has 0 radical (unpaired) electrons. The molecule has 0 aromatic carbocycles. The Kier molecular flexibility index (Phi) is 3.59. The van der Waals surface area contributed by atoms with Crippen LogP contribution in [0.25, 0.3) is 0 Å². The number of nitrogens with two attached hydrogens (primary N) is 1. The van der Waals surface area contributed by atoms with Crippen LogP contribution in [0, 0.1) is 5.92 Å². The van der Waals surface area contributed by atoms with Crippen LogP contribution in [0.5, 0.6) is 0 Å². The van der Waals surface area contributed by atoms with E-state index < -0.39 is 0 Å². The maximum atomic E-state index is 12.5. The number of hydrogen-bond donors (Lipinski definition) is 1. The van der Waals surface area contributed by atoms with Crippen molar-refractivity contribution in [1.29, 1.82) is 0 Å². The summed E-state index contributed by atoms with van der Waals surface area (Å²) in [7, 11) is 1.75. The Labute approximate surface area is 108 Å². The minimum atomic E-state index is 0.0313. The molecule has 2 N–H and O–H groups in total. The van der Waals surface area contributed by atoms with Crippen LogP contribution in [0.4, 0.5) is 5.82 Å². The number of anilines is 1. The van der Waals surface area contributed by atoms with Gasteiger partial charge in [-0.2, -0.15) is 5.10 Å². The van der Waals surface area contributed by atoms with Gasteiger partial charge in [0.1, 0.15) is 11.4 Å². The molecule has 1 aliphatic rings. The highest BCUT2D eigenvalue weighted by atomic mass is 16.2. The van der Waals surface area contributed by atoms with Crippen LogP contribution in [0.15, 0.2) is 6.20 Å². The molecule has 0 saturated heterocycles. The monoisotopic (exact) mass is 250 g/mol. The molecule has 0 bridgehead atoms. The molecule has 5 nitrogen and oxygen atoms in total. The molecule has 1 aromatic rings. The zero-order chi connectivity index (χ0) is 13.3. The first-order valence-corrected chi connectivity index (χ1v) is 6.59. The lowest BCUT2D eigenvalue weighted by Gasteiger charge is -2.23. The van der Waals surface area contributed by atoms with Crippen molar-refractivity contribution in [3.8, 4) is 0 Å². The van der Waals surface area contributed by atoms with Gasteiger partial charge in [0, 0.05) is 19.6 Å². The SMILES string of the molecule is CC(C)CCN(C(=O)c1cnn(C)c1N)C1CC1. The van der Waals surface area contributed by atoms with Gasteiger partial charge in [0.2, 0.25) is 0 Å². The van der Waals surface area contributed by atoms with E-state index in [-0.39, 0.29) is 5.91 Å². The second-order valence-electron chi connectivity index (χ2n) is 5.48. The van der Waals surface area contributed by atoms with Crippen LogP contribution < -0.4 is 5.73 Å². The lowest BCUT2D eigenvalue weighted by Crippen LogP contribution is -2.34. The molecule has 5 heteroatoms. The van der Waals surface area contributed by atoms with Crippen molar-refractivity contribution in [3.05, 3.63) is 11.8 Å². The van der Waals surface area contributed by atoms with Crippen LogP contribution >= 0.6 is 0 Å². The summed E-state index contributed by atoms with van der Waals surface area (Å²) in [6.07, 6.45) is 4.83. The number of carbonyl (C=O) groups excluding carboxylic acids is 1. The Morgan fingerprint density at radius 1 is 1.61 bits per heavy atom. The number of hydrogen-bond acceptors (Lipinski definition) is 3. The van der Waals surface area contributed by atoms with E-state index in [4.69, 9.17) is 5.73 Å². The smallest absolute Gasteiger partial charge is 0.259 e. The van der Waals surface area contributed by atoms with Gasteiger partial charge < -0.3 is 10.6 Å². The molecule has 1 aliphatic carbocycles. The third kappa shape index (κ3) is 2.66. The highest BCUT2D eigenvalue weighted by Gasteiger charge is 2.34. The van der Waals surface area contributed by atoms with Gasteiger partial charge in [0.15, 0.2) is 0 Å². The molecule has 18 heavy (non-hydrogen) atoms. The highest BCUT2D eigenvalue weighted by Crippen LogP contribution is 2.29. The van der Waals surface area contributed by atoms with E-state index in [0.29, 0.717) is 23.3 Å². The average molecular weight is 250 g/mol. The first-order chi connectivity index (χ1) is 8.50. The molecule has 0 spiro atoms. The molecule has 1 aromatic heterocycles. The van der Waals surface area contributed by atoms with Crippen molar-refractivity contribution >= 4 is 11.7 Å². The molecule has 1 heterocycles. The maximum Gasteiger partial charge on any atom is 0.259 e. The molecular weight excluding hydrogens is 228 g/mol. The highest BCUT2D eigenvalue weighted by molar-refractivity contribution is 5.98. The van der Waals surface area contributed by atoms with Crippen LogP contribution in [0.3, 0.4) is 0 Å². The Balaban J connectivity index is 2.10. The van der Waals surface area contributed by atoms with Crippen LogP contribution in [-0.4, -0.2) is 33.2 Å². The molecule has 100 valence electrons. The second kappa shape index (κ2) is 5.00. The fourth-order valence-corrected chi connectivity index (χ4v) is 2.00. The number of carbonyl (C=O) groups is 1. The largest absolute Gasteiger partial charge is 0.383 e. The summed E-state index contributed by atoms with van der Waals surface area (Å²) in [5, 5.41) is 4.04. The van der Waals surface area contributed by atoms with Crippen molar-refractivity contribution in [2.45, 2.75) is 39.2 Å². The Bertz CT molecular complexity index is 434. The van der Waals surface area contributed by atoms with E-state index in [2.05, 4.69) is 18.9 Å². The fraction of sp³-hybridized carbons (Fsp3) is 0.692. The van der Waals surface area contributed by atoms with Gasteiger partial charge in [0.05, 0.1) is 6.20 Å². The lowest BCUT2D eigenvalue weighted by atomic mass is 10.1. The number of nitrogen functional groups attached to an aromatic ring is 1. The van der Waals surface area contributed by atoms with Crippen molar-refractivity contribution in [2.75, 3.05) is 12.3 Å². The number of rotatable bonds is 5. The van der Waals surface area contributed by atoms with Gasteiger partial charge in [-0.05, 0) is 25.2 Å². The lowest BCUT2D eigenvalue weighted by molar-refractivity contribution is 0.0736. The molecule has 1 amide bonds. The standard InChI is InChI=1S/C13H22N4O/c1-9(2)6-7-17(10-4-5-10)13(18)11-8-15-16(3)12(11)14/h8-10H,4-7,14H2,1-3H3. The minimum absolute atomic E-state index is 0.0313. The van der Waals surface area contributed by atoms with Crippen LogP contribution in [0.2, 0.25) is 0 Å². The molecule has 0 atom stereocenters. The quantitative estimate of drug-likeness (QED) is 0.864. The Morgan fingerprint density at radius 3 is 2.72 bits per heavy atom. The summed E-state index contributed by atoms with van der Waals surface area (Å²) in [6.45, 7) is 5.16. The molecule has 2 rings (SSSR count). The van der Waals surface area contributed by atoms with Gasteiger partial charge in [-0.3, -0.25) is 9.48 Å². The minimum Gasteiger partial charge on any atom is -0.383 e. The third-order valence-electron chi connectivity index (χ3n) is 3.41.